The van der Waals surface area contributed by atoms with E-state index >= 15 is 0 Å². The van der Waals surface area contributed by atoms with E-state index in [4.69, 9.17) is 16.3 Å². The van der Waals surface area contributed by atoms with Crippen molar-refractivity contribution in [1.82, 2.24) is 5.32 Å². The first-order valence-corrected chi connectivity index (χ1v) is 11.6. The summed E-state index contributed by atoms with van der Waals surface area (Å²) >= 11 is 7.49. The second-order valence-electron chi connectivity index (χ2n) is 6.85. The van der Waals surface area contributed by atoms with Crippen LogP contribution in [0, 0.1) is 0 Å². The zero-order valence-electron chi connectivity index (χ0n) is 15.8. The number of sulfonamides is 1. The van der Waals surface area contributed by atoms with E-state index < -0.39 is 10.0 Å². The van der Waals surface area contributed by atoms with Gasteiger partial charge in [-0.3, -0.25) is 9.10 Å². The third-order valence-corrected chi connectivity index (χ3v) is 7.97. The lowest BCUT2D eigenvalue weighted by Crippen LogP contribution is -2.26. The van der Waals surface area contributed by atoms with Crippen LogP contribution in [0.15, 0.2) is 47.4 Å². The van der Waals surface area contributed by atoms with Crippen LogP contribution in [0.25, 0.3) is 10.1 Å². The van der Waals surface area contributed by atoms with Gasteiger partial charge in [-0.1, -0.05) is 11.6 Å². The fourth-order valence-corrected chi connectivity index (χ4v) is 5.41. The van der Waals surface area contributed by atoms with Crippen LogP contribution in [0.5, 0.6) is 5.75 Å². The average molecular weight is 451 g/mol. The Hall–Kier alpha value is -2.29. The van der Waals surface area contributed by atoms with Gasteiger partial charge in [-0.05, 0) is 60.7 Å². The maximum atomic E-state index is 13.0. The maximum absolute atomic E-state index is 13.0. The fourth-order valence-electron chi connectivity index (χ4n) is 2.93. The molecule has 0 aliphatic heterocycles. The molecule has 1 aliphatic carbocycles. The Kier molecular flexibility index (Phi) is 5.18. The van der Waals surface area contributed by atoms with Crippen LogP contribution < -0.4 is 14.4 Å². The van der Waals surface area contributed by atoms with Crippen molar-refractivity contribution in [3.8, 4) is 5.75 Å². The summed E-state index contributed by atoms with van der Waals surface area (Å²) < 4.78 is 33.3. The van der Waals surface area contributed by atoms with E-state index in [9.17, 15) is 13.2 Å². The number of benzene rings is 2. The molecule has 1 heterocycles. The smallest absolute Gasteiger partial charge is 0.264 e. The minimum Gasteiger partial charge on any atom is -0.495 e. The van der Waals surface area contributed by atoms with Crippen LogP contribution in [0.3, 0.4) is 0 Å². The van der Waals surface area contributed by atoms with Crippen molar-refractivity contribution in [1.29, 1.82) is 0 Å². The first-order chi connectivity index (χ1) is 13.8. The van der Waals surface area contributed by atoms with Crippen LogP contribution >= 0.6 is 22.9 Å². The highest BCUT2D eigenvalue weighted by atomic mass is 35.5. The van der Waals surface area contributed by atoms with Gasteiger partial charge in [0.2, 0.25) is 0 Å². The van der Waals surface area contributed by atoms with E-state index in [1.807, 2.05) is 6.07 Å². The van der Waals surface area contributed by atoms with Crippen molar-refractivity contribution in [2.45, 2.75) is 23.8 Å². The molecule has 1 aromatic heterocycles. The molecule has 6 nitrogen and oxygen atoms in total. The van der Waals surface area contributed by atoms with E-state index in [1.54, 1.807) is 18.2 Å². The number of hydrogen-bond acceptors (Lipinski definition) is 5. The minimum atomic E-state index is -3.81. The van der Waals surface area contributed by atoms with Gasteiger partial charge < -0.3 is 10.1 Å². The zero-order valence-corrected chi connectivity index (χ0v) is 18.2. The van der Waals surface area contributed by atoms with Crippen molar-refractivity contribution < 1.29 is 17.9 Å². The monoisotopic (exact) mass is 450 g/mol. The molecule has 152 valence electrons. The number of hydrogen-bond donors (Lipinski definition) is 1. The molecule has 1 amide bonds. The molecular formula is C20H19ClN2O4S2. The number of methoxy groups -OCH3 is 1. The number of thiophene rings is 1. The van der Waals surface area contributed by atoms with Crippen LogP contribution in [-0.2, 0) is 10.0 Å². The molecule has 0 spiro atoms. The van der Waals surface area contributed by atoms with Gasteiger partial charge in [-0.25, -0.2) is 8.42 Å². The largest absolute Gasteiger partial charge is 0.495 e. The molecular weight excluding hydrogens is 432 g/mol. The second-order valence-corrected chi connectivity index (χ2v) is 10.3. The Bertz CT molecular complexity index is 1200. The molecule has 1 aliphatic rings. The molecule has 0 saturated heterocycles. The summed E-state index contributed by atoms with van der Waals surface area (Å²) in [4.78, 5) is 13.0. The molecule has 3 aromatic rings. The minimum absolute atomic E-state index is 0.0701. The number of halogens is 1. The highest BCUT2D eigenvalue weighted by Crippen LogP contribution is 2.33. The fraction of sp³-hybridized carbons (Fsp3) is 0.250. The van der Waals surface area contributed by atoms with Gasteiger partial charge >= 0.3 is 0 Å². The van der Waals surface area contributed by atoms with E-state index in [2.05, 4.69) is 5.32 Å². The molecule has 1 N–H and O–H groups in total. The third kappa shape index (κ3) is 3.92. The molecule has 0 unspecified atom stereocenters. The van der Waals surface area contributed by atoms with Gasteiger partial charge in [-0.15, -0.1) is 11.3 Å². The number of anilines is 1. The number of rotatable bonds is 6. The number of carbonyl (C=O) groups is 1. The van der Waals surface area contributed by atoms with Gasteiger partial charge in [0.05, 0.1) is 27.6 Å². The molecule has 0 bridgehead atoms. The van der Waals surface area contributed by atoms with Gasteiger partial charge in [0, 0.05) is 17.8 Å². The highest BCUT2D eigenvalue weighted by Gasteiger charge is 2.25. The second kappa shape index (κ2) is 7.51. The molecule has 9 heteroatoms. The summed E-state index contributed by atoms with van der Waals surface area (Å²) in [6.45, 7) is 0. The highest BCUT2D eigenvalue weighted by molar-refractivity contribution is 7.92. The molecule has 0 atom stereocenters. The molecule has 2 aromatic carbocycles. The normalized spacial score (nSPS) is 14.0. The van der Waals surface area contributed by atoms with Crippen LogP contribution in [0.1, 0.15) is 22.5 Å². The summed E-state index contributed by atoms with van der Waals surface area (Å²) in [5.41, 5.74) is 0.497. The Morgan fingerprint density at radius 1 is 1.21 bits per heavy atom. The summed E-state index contributed by atoms with van der Waals surface area (Å²) in [5.74, 6) is 0.328. The average Bonchev–Trinajstić information content (AvgIpc) is 3.41. The molecule has 0 radical (unpaired) electrons. The van der Waals surface area contributed by atoms with Crippen molar-refractivity contribution in [2.75, 3.05) is 18.5 Å². The summed E-state index contributed by atoms with van der Waals surface area (Å²) in [7, 11) is -0.851. The van der Waals surface area contributed by atoms with Crippen molar-refractivity contribution in [3.63, 3.8) is 0 Å². The van der Waals surface area contributed by atoms with E-state index in [0.717, 1.165) is 22.9 Å². The first kappa shape index (κ1) is 20.0. The molecule has 29 heavy (non-hydrogen) atoms. The Morgan fingerprint density at radius 2 is 1.97 bits per heavy atom. The lowest BCUT2D eigenvalue weighted by molar-refractivity contribution is 0.0955. The lowest BCUT2D eigenvalue weighted by atomic mass is 10.2. The third-order valence-electron chi connectivity index (χ3n) is 4.78. The number of nitrogens with zero attached hydrogens (tertiary/aromatic N) is 1. The van der Waals surface area contributed by atoms with Crippen molar-refractivity contribution in [2.24, 2.45) is 0 Å². The standard InChI is InChI=1S/C20H19ClN2O4S2/c1-23(29(25,26)15-6-7-17(27-2)16(21)11-15)14-5-8-18-12(9-14)10-19(28-18)20(24)22-13-3-4-13/h5-11,13H,3-4H2,1-2H3,(H,22,24). The Balaban J connectivity index is 1.64. The lowest BCUT2D eigenvalue weighted by Gasteiger charge is -2.20. The maximum Gasteiger partial charge on any atom is 0.264 e. The first-order valence-electron chi connectivity index (χ1n) is 8.96. The van der Waals surface area contributed by atoms with Crippen LogP contribution in [-0.4, -0.2) is 34.5 Å². The Morgan fingerprint density at radius 3 is 2.62 bits per heavy atom. The van der Waals surface area contributed by atoms with Crippen molar-refractivity contribution >= 4 is 54.6 Å². The zero-order chi connectivity index (χ0) is 20.8. The van der Waals surface area contributed by atoms with Crippen LogP contribution in [0.2, 0.25) is 5.02 Å². The van der Waals surface area contributed by atoms with E-state index in [0.29, 0.717) is 16.3 Å². The summed E-state index contributed by atoms with van der Waals surface area (Å²) in [6.07, 6.45) is 2.05. The summed E-state index contributed by atoms with van der Waals surface area (Å²) in [6, 6.07) is 11.8. The van der Waals surface area contributed by atoms with Crippen molar-refractivity contribution in [3.05, 3.63) is 52.4 Å². The molecule has 4 rings (SSSR count). The van der Waals surface area contributed by atoms with Gasteiger partial charge in [-0.2, -0.15) is 0 Å². The molecule has 1 saturated carbocycles. The summed E-state index contributed by atoms with van der Waals surface area (Å²) in [5, 5.41) is 4.02. The van der Waals surface area contributed by atoms with Gasteiger partial charge in [0.15, 0.2) is 0 Å². The van der Waals surface area contributed by atoms with E-state index in [1.165, 1.54) is 48.0 Å². The van der Waals surface area contributed by atoms with Gasteiger partial charge in [0.25, 0.3) is 15.9 Å². The number of nitrogens with one attached hydrogen (secondary N) is 1. The molecule has 1 fully saturated rings. The van der Waals surface area contributed by atoms with E-state index in [-0.39, 0.29) is 21.9 Å². The van der Waals surface area contributed by atoms with Gasteiger partial charge in [0.1, 0.15) is 5.75 Å². The number of amides is 1. The Labute approximate surface area is 178 Å². The number of carbonyl (C=O) groups excluding carboxylic acids is 1. The topological polar surface area (TPSA) is 75.7 Å². The number of fused-ring (bicyclic) bond motifs is 1. The quantitative estimate of drug-likeness (QED) is 0.608. The van der Waals surface area contributed by atoms with Crippen LogP contribution in [0.4, 0.5) is 5.69 Å². The number of ether oxygens (including phenoxy) is 1. The SMILES string of the molecule is COc1ccc(S(=O)(=O)N(C)c2ccc3sc(C(=O)NC4CC4)cc3c2)cc1Cl. The predicted octanol–water partition coefficient (Wildman–Crippen LogP) is 4.28. The predicted molar refractivity (Wildman–Crippen MR) is 116 cm³/mol.